The Labute approximate surface area is 116 Å². The van der Waals surface area contributed by atoms with Gasteiger partial charge in [-0.1, -0.05) is 6.07 Å². The summed E-state index contributed by atoms with van der Waals surface area (Å²) < 4.78 is 27.0. The summed E-state index contributed by atoms with van der Waals surface area (Å²) in [4.78, 5) is 0. The molecule has 6 heteroatoms. The highest BCUT2D eigenvalue weighted by Crippen LogP contribution is 2.53. The number of aromatic nitrogens is 2. The van der Waals surface area contributed by atoms with Crippen molar-refractivity contribution in [2.75, 3.05) is 20.0 Å². The van der Waals surface area contributed by atoms with Gasteiger partial charge in [0.1, 0.15) is 17.5 Å². The highest BCUT2D eigenvalue weighted by Gasteiger charge is 2.52. The highest BCUT2D eigenvalue weighted by atomic mass is 19.1. The number of rotatable bonds is 4. The molecule has 20 heavy (non-hydrogen) atoms. The molecular weight excluding hydrogens is 261 g/mol. The van der Waals surface area contributed by atoms with Crippen LogP contribution in [0.1, 0.15) is 24.5 Å². The minimum atomic E-state index is -1.30. The molecule has 1 saturated carbocycles. The largest absolute Gasteiger partial charge is 0.496 e. The summed E-state index contributed by atoms with van der Waals surface area (Å²) in [5.41, 5.74) is 6.17. The van der Waals surface area contributed by atoms with Gasteiger partial charge in [0.05, 0.1) is 18.0 Å². The number of benzene rings is 1. The molecule has 0 saturated heterocycles. The molecule has 1 unspecified atom stereocenters. The van der Waals surface area contributed by atoms with Crippen LogP contribution in [0, 0.1) is 0 Å². The minimum Gasteiger partial charge on any atom is -0.496 e. The quantitative estimate of drug-likeness (QED) is 0.933. The van der Waals surface area contributed by atoms with Crippen molar-refractivity contribution in [3.8, 4) is 5.75 Å². The molecule has 1 aromatic heterocycles. The molecular formula is C14H18FN3O2. The fraction of sp³-hybridized carbons (Fsp3) is 0.500. The molecule has 0 aliphatic heterocycles. The van der Waals surface area contributed by atoms with Gasteiger partial charge in [0.2, 0.25) is 0 Å². The summed E-state index contributed by atoms with van der Waals surface area (Å²) in [7, 11) is 4.87. The monoisotopic (exact) mass is 279 g/mol. The van der Waals surface area contributed by atoms with Crippen molar-refractivity contribution in [1.82, 2.24) is 9.78 Å². The Bertz CT molecular complexity index is 664. The lowest BCUT2D eigenvalue weighted by atomic mass is 10.00. The third-order valence-corrected chi connectivity index (χ3v) is 3.95. The fourth-order valence-corrected chi connectivity index (χ4v) is 2.80. The van der Waals surface area contributed by atoms with Gasteiger partial charge in [0, 0.05) is 19.7 Å². The predicted octanol–water partition coefficient (Wildman–Crippen LogP) is 2.35. The van der Waals surface area contributed by atoms with E-state index in [1.807, 2.05) is 19.2 Å². The molecule has 2 N–H and O–H groups in total. The van der Waals surface area contributed by atoms with E-state index in [-0.39, 0.29) is 0 Å². The number of halogens is 1. The summed E-state index contributed by atoms with van der Waals surface area (Å²) in [6.45, 7) is 0. The average molecular weight is 279 g/mol. The first-order valence-electron chi connectivity index (χ1n) is 6.52. The number of nitrogens with two attached hydrogens (primary N) is 1. The number of fused-ring (bicyclic) bond motifs is 1. The second-order valence-electron chi connectivity index (χ2n) is 5.24. The fourth-order valence-electron chi connectivity index (χ4n) is 2.80. The average Bonchev–Trinajstić information content (AvgIpc) is 3.09. The topological polar surface area (TPSA) is 62.3 Å². The summed E-state index contributed by atoms with van der Waals surface area (Å²) >= 11 is 0. The van der Waals surface area contributed by atoms with Crippen LogP contribution in [0.3, 0.4) is 0 Å². The molecule has 1 atom stereocenters. The van der Waals surface area contributed by atoms with Crippen molar-refractivity contribution in [2.45, 2.75) is 24.6 Å². The Balaban J connectivity index is 2.23. The first kappa shape index (κ1) is 13.2. The Morgan fingerprint density at radius 1 is 1.40 bits per heavy atom. The van der Waals surface area contributed by atoms with E-state index in [9.17, 15) is 4.39 Å². The maximum absolute atomic E-state index is 14.4. The van der Waals surface area contributed by atoms with Crippen LogP contribution in [0.4, 0.5) is 10.2 Å². The number of hydrogen-bond donors (Lipinski definition) is 1. The van der Waals surface area contributed by atoms with Crippen molar-refractivity contribution in [1.29, 1.82) is 0 Å². The van der Waals surface area contributed by atoms with Gasteiger partial charge >= 0.3 is 0 Å². The van der Waals surface area contributed by atoms with Gasteiger partial charge in [-0.3, -0.25) is 4.68 Å². The highest BCUT2D eigenvalue weighted by molar-refractivity contribution is 5.96. The number of ether oxygens (including phenoxy) is 2. The van der Waals surface area contributed by atoms with E-state index < -0.39 is 11.8 Å². The molecule has 0 spiro atoms. The van der Waals surface area contributed by atoms with E-state index in [1.165, 1.54) is 7.11 Å². The molecule has 3 rings (SSSR count). The van der Waals surface area contributed by atoms with Crippen LogP contribution < -0.4 is 10.5 Å². The van der Waals surface area contributed by atoms with Crippen molar-refractivity contribution >= 4 is 16.7 Å². The van der Waals surface area contributed by atoms with E-state index in [4.69, 9.17) is 15.2 Å². The molecule has 1 aromatic carbocycles. The van der Waals surface area contributed by atoms with Gasteiger partial charge in [-0.05, 0) is 18.9 Å². The Morgan fingerprint density at radius 3 is 2.65 bits per heavy atom. The number of methoxy groups -OCH3 is 2. The SMILES string of the molecule is COc1c(C(OC)C2(F)CC2)ccc2c1c(N)nn2C. The number of nitrogen functional groups attached to an aromatic ring is 1. The third kappa shape index (κ3) is 1.75. The zero-order chi connectivity index (χ0) is 14.5. The second-order valence-corrected chi connectivity index (χ2v) is 5.24. The molecule has 1 aliphatic rings. The number of nitrogens with zero attached hydrogens (tertiary/aromatic N) is 2. The van der Waals surface area contributed by atoms with Crippen LogP contribution >= 0.6 is 0 Å². The molecule has 0 bridgehead atoms. The van der Waals surface area contributed by atoms with Crippen LogP contribution in [0.5, 0.6) is 5.75 Å². The van der Waals surface area contributed by atoms with E-state index in [0.29, 0.717) is 35.4 Å². The molecule has 0 amide bonds. The first-order valence-corrected chi connectivity index (χ1v) is 6.52. The predicted molar refractivity (Wildman–Crippen MR) is 74.5 cm³/mol. The van der Waals surface area contributed by atoms with Crippen LogP contribution in [0.2, 0.25) is 0 Å². The smallest absolute Gasteiger partial charge is 0.157 e. The second kappa shape index (κ2) is 4.34. The lowest BCUT2D eigenvalue weighted by Gasteiger charge is -2.22. The van der Waals surface area contributed by atoms with E-state index >= 15 is 0 Å². The van der Waals surface area contributed by atoms with Gasteiger partial charge in [-0.15, -0.1) is 0 Å². The number of aryl methyl sites for hydroxylation is 1. The van der Waals surface area contributed by atoms with Crippen LogP contribution in [0.15, 0.2) is 12.1 Å². The zero-order valence-corrected chi connectivity index (χ0v) is 11.8. The first-order chi connectivity index (χ1) is 9.51. The van der Waals surface area contributed by atoms with E-state index in [0.717, 1.165) is 5.52 Å². The molecule has 1 heterocycles. The Hall–Kier alpha value is -1.82. The summed E-state index contributed by atoms with van der Waals surface area (Å²) in [5.74, 6) is 0.920. The van der Waals surface area contributed by atoms with Gasteiger partial charge in [-0.2, -0.15) is 5.10 Å². The van der Waals surface area contributed by atoms with Crippen molar-refractivity contribution < 1.29 is 13.9 Å². The molecule has 108 valence electrons. The lowest BCUT2D eigenvalue weighted by molar-refractivity contribution is 0.0160. The van der Waals surface area contributed by atoms with E-state index in [1.54, 1.807) is 11.8 Å². The summed E-state index contributed by atoms with van der Waals surface area (Å²) in [6.07, 6.45) is 0.381. The summed E-state index contributed by atoms with van der Waals surface area (Å²) in [5, 5.41) is 4.89. The van der Waals surface area contributed by atoms with Crippen LogP contribution in [-0.2, 0) is 11.8 Å². The van der Waals surface area contributed by atoms with Crippen LogP contribution in [-0.4, -0.2) is 29.7 Å². The maximum Gasteiger partial charge on any atom is 0.157 e. The van der Waals surface area contributed by atoms with Gasteiger partial charge < -0.3 is 15.2 Å². The summed E-state index contributed by atoms with van der Waals surface area (Å²) in [6, 6.07) is 3.70. The number of hydrogen-bond acceptors (Lipinski definition) is 4. The van der Waals surface area contributed by atoms with Crippen molar-refractivity contribution in [3.05, 3.63) is 17.7 Å². The molecule has 2 aromatic rings. The van der Waals surface area contributed by atoms with Gasteiger partial charge in [0.25, 0.3) is 0 Å². The van der Waals surface area contributed by atoms with E-state index in [2.05, 4.69) is 5.10 Å². The Morgan fingerprint density at radius 2 is 2.10 bits per heavy atom. The number of alkyl halides is 1. The minimum absolute atomic E-state index is 0.375. The third-order valence-electron chi connectivity index (χ3n) is 3.95. The van der Waals surface area contributed by atoms with Crippen LogP contribution in [0.25, 0.3) is 10.9 Å². The van der Waals surface area contributed by atoms with Gasteiger partial charge in [-0.25, -0.2) is 4.39 Å². The lowest BCUT2D eigenvalue weighted by Crippen LogP contribution is -2.18. The number of anilines is 1. The molecule has 5 nitrogen and oxygen atoms in total. The molecule has 0 radical (unpaired) electrons. The van der Waals surface area contributed by atoms with Crippen molar-refractivity contribution in [2.24, 2.45) is 7.05 Å². The molecule has 1 aliphatic carbocycles. The standard InChI is InChI=1S/C14H18FN3O2/c1-18-9-5-4-8(12(20-3)14(15)6-7-14)11(19-2)10(9)13(16)17-18/h4-5,12H,6-7H2,1-3H3,(H2,16,17). The van der Waals surface area contributed by atoms with Gasteiger partial charge in [0.15, 0.2) is 5.82 Å². The zero-order valence-electron chi connectivity index (χ0n) is 11.8. The Kier molecular flexibility index (Phi) is 2.86. The van der Waals surface area contributed by atoms with Crippen molar-refractivity contribution in [3.63, 3.8) is 0 Å². The maximum atomic E-state index is 14.4. The molecule has 1 fully saturated rings. The normalized spacial score (nSPS) is 18.2.